The second-order valence-corrected chi connectivity index (χ2v) is 5.82. The van der Waals surface area contributed by atoms with Crippen molar-refractivity contribution in [3.8, 4) is 0 Å². The zero-order chi connectivity index (χ0) is 17.1. The smallest absolute Gasteiger partial charge is 0.261 e. The van der Waals surface area contributed by atoms with E-state index in [9.17, 15) is 9.59 Å². The highest BCUT2D eigenvalue weighted by atomic mass is 35.5. The van der Waals surface area contributed by atoms with Crippen molar-refractivity contribution >= 4 is 23.4 Å². The molecular formula is C18H16ClNO4. The zero-order valence-corrected chi connectivity index (χ0v) is 13.8. The third-order valence-electron chi connectivity index (χ3n) is 3.83. The molecule has 6 heteroatoms. The maximum atomic E-state index is 12.5. The summed E-state index contributed by atoms with van der Waals surface area (Å²) in [6, 6.07) is 13.9. The lowest BCUT2D eigenvalue weighted by Gasteiger charge is -2.23. The van der Waals surface area contributed by atoms with Crippen molar-refractivity contribution in [2.24, 2.45) is 0 Å². The Balaban J connectivity index is 1.86. The Hall–Kier alpha value is -2.21. The first kappa shape index (κ1) is 16.6. The number of imide groups is 1. The minimum atomic E-state index is -0.522. The van der Waals surface area contributed by atoms with Crippen LogP contribution in [-0.2, 0) is 9.47 Å². The van der Waals surface area contributed by atoms with Crippen LogP contribution < -0.4 is 0 Å². The van der Waals surface area contributed by atoms with Crippen molar-refractivity contribution < 1.29 is 19.1 Å². The predicted molar refractivity (Wildman–Crippen MR) is 89.0 cm³/mol. The average molecular weight is 346 g/mol. The van der Waals surface area contributed by atoms with E-state index in [0.29, 0.717) is 16.1 Å². The van der Waals surface area contributed by atoms with E-state index in [2.05, 4.69) is 0 Å². The van der Waals surface area contributed by atoms with Gasteiger partial charge in [-0.1, -0.05) is 35.9 Å². The summed E-state index contributed by atoms with van der Waals surface area (Å²) in [5.74, 6) is -0.632. The fourth-order valence-corrected chi connectivity index (χ4v) is 2.88. The molecule has 0 saturated carbocycles. The first-order valence-corrected chi connectivity index (χ1v) is 7.81. The summed E-state index contributed by atoms with van der Waals surface area (Å²) >= 11 is 6.04. The topological polar surface area (TPSA) is 55.8 Å². The van der Waals surface area contributed by atoms with E-state index in [1.165, 1.54) is 12.0 Å². The summed E-state index contributed by atoms with van der Waals surface area (Å²) in [5.41, 5.74) is 1.61. The van der Waals surface area contributed by atoms with Crippen LogP contribution >= 0.6 is 11.6 Å². The zero-order valence-electron chi connectivity index (χ0n) is 13.1. The molecule has 1 aliphatic rings. The molecule has 0 aromatic heterocycles. The highest BCUT2D eigenvalue weighted by molar-refractivity contribution is 6.30. The van der Waals surface area contributed by atoms with Crippen LogP contribution in [0.25, 0.3) is 0 Å². The van der Waals surface area contributed by atoms with Gasteiger partial charge < -0.3 is 9.47 Å². The molecule has 2 amide bonds. The fraction of sp³-hybridized carbons (Fsp3) is 0.222. The first-order valence-electron chi connectivity index (χ1n) is 7.43. The molecule has 0 radical (unpaired) electrons. The van der Waals surface area contributed by atoms with Gasteiger partial charge in [-0.3, -0.25) is 14.5 Å². The number of methoxy groups -OCH3 is 1. The Morgan fingerprint density at radius 3 is 2.29 bits per heavy atom. The maximum absolute atomic E-state index is 12.5. The monoisotopic (exact) mass is 345 g/mol. The predicted octanol–water partition coefficient (Wildman–Crippen LogP) is 3.30. The number of carbonyl (C=O) groups is 2. The molecule has 0 saturated heterocycles. The third kappa shape index (κ3) is 3.19. The number of benzene rings is 2. The van der Waals surface area contributed by atoms with Gasteiger partial charge in [0.2, 0.25) is 0 Å². The average Bonchev–Trinajstić information content (AvgIpc) is 2.83. The van der Waals surface area contributed by atoms with Gasteiger partial charge in [0.1, 0.15) is 12.9 Å². The van der Waals surface area contributed by atoms with E-state index in [1.54, 1.807) is 42.5 Å². The van der Waals surface area contributed by atoms with Crippen LogP contribution in [0.15, 0.2) is 48.5 Å². The van der Waals surface area contributed by atoms with Crippen LogP contribution in [-0.4, -0.2) is 37.2 Å². The van der Waals surface area contributed by atoms with Gasteiger partial charge in [-0.2, -0.15) is 0 Å². The molecule has 24 heavy (non-hydrogen) atoms. The highest BCUT2D eigenvalue weighted by Crippen LogP contribution is 2.28. The van der Waals surface area contributed by atoms with Crippen molar-refractivity contribution in [3.63, 3.8) is 0 Å². The lowest BCUT2D eigenvalue weighted by molar-refractivity contribution is -0.0779. The summed E-state index contributed by atoms with van der Waals surface area (Å²) < 4.78 is 10.6. The number of hydrogen-bond donors (Lipinski definition) is 0. The largest absolute Gasteiger partial charge is 0.359 e. The summed E-state index contributed by atoms with van der Waals surface area (Å²) in [6.45, 7) is 0.135. The molecule has 124 valence electrons. The molecule has 1 atom stereocenters. The number of halogens is 1. The minimum absolute atomic E-state index is 0.0420. The fourth-order valence-electron chi connectivity index (χ4n) is 2.68. The third-order valence-corrected chi connectivity index (χ3v) is 4.07. The van der Waals surface area contributed by atoms with Crippen LogP contribution in [0.1, 0.15) is 32.4 Å². The Labute approximate surface area is 144 Å². The Morgan fingerprint density at radius 2 is 1.71 bits per heavy atom. The SMILES string of the molecule is COCO[C@@H](CN1C(=O)c2ccccc2C1=O)c1cccc(Cl)c1. The number of hydrogen-bond acceptors (Lipinski definition) is 4. The quantitative estimate of drug-likeness (QED) is 0.595. The summed E-state index contributed by atoms with van der Waals surface area (Å²) in [6.07, 6.45) is -0.522. The van der Waals surface area contributed by atoms with E-state index in [-0.39, 0.29) is 25.2 Å². The van der Waals surface area contributed by atoms with E-state index >= 15 is 0 Å². The molecule has 0 fully saturated rings. The first-order chi connectivity index (χ1) is 11.6. The van der Waals surface area contributed by atoms with Crippen molar-refractivity contribution in [1.29, 1.82) is 0 Å². The lowest BCUT2D eigenvalue weighted by atomic mass is 10.1. The normalized spacial score (nSPS) is 14.8. The van der Waals surface area contributed by atoms with Crippen molar-refractivity contribution in [1.82, 2.24) is 4.90 Å². The van der Waals surface area contributed by atoms with Gasteiger partial charge in [-0.05, 0) is 29.8 Å². The van der Waals surface area contributed by atoms with Gasteiger partial charge >= 0.3 is 0 Å². The number of fused-ring (bicyclic) bond motifs is 1. The number of rotatable bonds is 6. The Bertz CT molecular complexity index is 742. The summed E-state index contributed by atoms with van der Waals surface area (Å²) in [5, 5.41) is 0.556. The molecular weight excluding hydrogens is 330 g/mol. The van der Waals surface area contributed by atoms with Gasteiger partial charge in [0.15, 0.2) is 0 Å². The maximum Gasteiger partial charge on any atom is 0.261 e. The standard InChI is InChI=1S/C18H16ClNO4/c1-23-11-24-16(12-5-4-6-13(19)9-12)10-20-17(21)14-7-2-3-8-15(14)18(20)22/h2-9,16H,10-11H2,1H3/t16-/m0/s1. The summed E-state index contributed by atoms with van der Waals surface area (Å²) in [7, 11) is 1.51. The van der Waals surface area contributed by atoms with Gasteiger partial charge in [-0.25, -0.2) is 0 Å². The lowest BCUT2D eigenvalue weighted by Crippen LogP contribution is -2.34. The molecule has 0 bridgehead atoms. The van der Waals surface area contributed by atoms with E-state index in [4.69, 9.17) is 21.1 Å². The van der Waals surface area contributed by atoms with E-state index in [1.807, 2.05) is 6.07 Å². The van der Waals surface area contributed by atoms with Crippen molar-refractivity contribution in [2.45, 2.75) is 6.10 Å². The molecule has 0 spiro atoms. The van der Waals surface area contributed by atoms with Crippen LogP contribution in [0.3, 0.4) is 0 Å². The van der Waals surface area contributed by atoms with Gasteiger partial charge in [0.25, 0.3) is 11.8 Å². The molecule has 0 unspecified atom stereocenters. The van der Waals surface area contributed by atoms with Gasteiger partial charge in [-0.15, -0.1) is 0 Å². The summed E-state index contributed by atoms with van der Waals surface area (Å²) in [4.78, 5) is 26.2. The van der Waals surface area contributed by atoms with Crippen LogP contribution in [0.5, 0.6) is 0 Å². The molecule has 0 N–H and O–H groups in total. The van der Waals surface area contributed by atoms with E-state index < -0.39 is 6.10 Å². The number of carbonyl (C=O) groups excluding carboxylic acids is 2. The second-order valence-electron chi connectivity index (χ2n) is 5.38. The van der Waals surface area contributed by atoms with Gasteiger partial charge in [0.05, 0.1) is 17.7 Å². The molecule has 2 aromatic carbocycles. The van der Waals surface area contributed by atoms with Crippen LogP contribution in [0.2, 0.25) is 5.02 Å². The second kappa shape index (κ2) is 7.13. The number of ether oxygens (including phenoxy) is 2. The molecule has 5 nitrogen and oxygen atoms in total. The Morgan fingerprint density at radius 1 is 1.04 bits per heavy atom. The van der Waals surface area contributed by atoms with Crippen LogP contribution in [0, 0.1) is 0 Å². The van der Waals surface area contributed by atoms with Crippen LogP contribution in [0.4, 0.5) is 0 Å². The highest BCUT2D eigenvalue weighted by Gasteiger charge is 2.36. The molecule has 0 aliphatic carbocycles. The molecule has 1 aliphatic heterocycles. The number of nitrogens with zero attached hydrogens (tertiary/aromatic N) is 1. The van der Waals surface area contributed by atoms with E-state index in [0.717, 1.165) is 5.56 Å². The molecule has 2 aromatic rings. The number of amides is 2. The molecule has 3 rings (SSSR count). The van der Waals surface area contributed by atoms with Crippen molar-refractivity contribution in [3.05, 3.63) is 70.2 Å². The van der Waals surface area contributed by atoms with Gasteiger partial charge in [0, 0.05) is 12.1 Å². The van der Waals surface area contributed by atoms with Crippen molar-refractivity contribution in [2.75, 3.05) is 20.4 Å². The minimum Gasteiger partial charge on any atom is -0.359 e. The Kier molecular flexibility index (Phi) is 4.94. The molecule has 1 heterocycles.